The van der Waals surface area contributed by atoms with E-state index >= 15 is 0 Å². The molecule has 0 saturated carbocycles. The molecule has 0 spiro atoms. The van der Waals surface area contributed by atoms with Crippen LogP contribution >= 0.6 is 12.2 Å². The van der Waals surface area contributed by atoms with E-state index in [0.717, 1.165) is 16.8 Å². The molecular formula is C24H27N3O4S2. The number of rotatable bonds is 8. The van der Waals surface area contributed by atoms with Crippen molar-refractivity contribution in [2.45, 2.75) is 25.7 Å². The summed E-state index contributed by atoms with van der Waals surface area (Å²) in [6, 6.07) is 17.3. The second-order valence-corrected chi connectivity index (χ2v) is 9.47. The molecule has 3 aromatic carbocycles. The van der Waals surface area contributed by atoms with Crippen LogP contribution in [0.4, 0.5) is 17.1 Å². The number of anilines is 3. The van der Waals surface area contributed by atoms with Gasteiger partial charge in [-0.15, -0.1) is 0 Å². The average Bonchev–Trinajstić information content (AvgIpc) is 2.74. The first-order valence-corrected chi connectivity index (χ1v) is 12.2. The van der Waals surface area contributed by atoms with Crippen molar-refractivity contribution < 1.29 is 17.9 Å². The van der Waals surface area contributed by atoms with Crippen LogP contribution in [-0.4, -0.2) is 27.2 Å². The molecule has 0 radical (unpaired) electrons. The Labute approximate surface area is 200 Å². The van der Waals surface area contributed by atoms with Gasteiger partial charge in [0, 0.05) is 17.4 Å². The van der Waals surface area contributed by atoms with E-state index in [4.69, 9.17) is 21.7 Å². The zero-order valence-corrected chi connectivity index (χ0v) is 20.6. The van der Waals surface area contributed by atoms with Crippen LogP contribution in [0.1, 0.15) is 18.1 Å². The third-order valence-electron chi connectivity index (χ3n) is 4.63. The largest absolute Gasteiger partial charge is 0.495 e. The van der Waals surface area contributed by atoms with E-state index in [1.807, 2.05) is 32.9 Å². The van der Waals surface area contributed by atoms with Crippen molar-refractivity contribution >= 4 is 44.4 Å². The molecule has 0 amide bonds. The van der Waals surface area contributed by atoms with Crippen molar-refractivity contribution in [1.82, 2.24) is 0 Å². The van der Waals surface area contributed by atoms with Crippen LogP contribution in [0.5, 0.6) is 11.5 Å². The van der Waals surface area contributed by atoms with Gasteiger partial charge in [-0.3, -0.25) is 4.72 Å². The lowest BCUT2D eigenvalue weighted by Gasteiger charge is -2.16. The Morgan fingerprint density at radius 3 is 2.18 bits per heavy atom. The smallest absolute Gasteiger partial charge is 0.262 e. The van der Waals surface area contributed by atoms with Crippen LogP contribution in [0.3, 0.4) is 0 Å². The Morgan fingerprint density at radius 1 is 0.909 bits per heavy atom. The highest BCUT2D eigenvalue weighted by Gasteiger charge is 2.17. The monoisotopic (exact) mass is 485 g/mol. The first kappa shape index (κ1) is 24.3. The average molecular weight is 486 g/mol. The van der Waals surface area contributed by atoms with Crippen molar-refractivity contribution in [3.8, 4) is 11.5 Å². The van der Waals surface area contributed by atoms with Gasteiger partial charge in [0.2, 0.25) is 0 Å². The zero-order valence-electron chi connectivity index (χ0n) is 18.9. The molecule has 0 aliphatic rings. The summed E-state index contributed by atoms with van der Waals surface area (Å²) in [4.78, 5) is 0.0620. The summed E-state index contributed by atoms with van der Waals surface area (Å²) in [7, 11) is -2.35. The second-order valence-electron chi connectivity index (χ2n) is 7.38. The van der Waals surface area contributed by atoms with Crippen LogP contribution in [0.25, 0.3) is 0 Å². The van der Waals surface area contributed by atoms with Crippen molar-refractivity contribution in [2.75, 3.05) is 29.1 Å². The summed E-state index contributed by atoms with van der Waals surface area (Å²) in [6.45, 7) is 6.44. The van der Waals surface area contributed by atoms with Gasteiger partial charge in [-0.05, 0) is 92.6 Å². The minimum Gasteiger partial charge on any atom is -0.495 e. The van der Waals surface area contributed by atoms with Crippen molar-refractivity contribution in [1.29, 1.82) is 0 Å². The zero-order chi connectivity index (χ0) is 24.0. The summed E-state index contributed by atoms with van der Waals surface area (Å²) in [5.41, 5.74) is 4.07. The van der Waals surface area contributed by atoms with E-state index in [2.05, 4.69) is 21.4 Å². The third kappa shape index (κ3) is 6.59. The van der Waals surface area contributed by atoms with Gasteiger partial charge in [0.1, 0.15) is 11.5 Å². The summed E-state index contributed by atoms with van der Waals surface area (Å²) < 4.78 is 39.1. The standard InChI is InChI=1S/C24H27N3O4S2/c1-5-31-20-8-6-18(7-9-20)27-33(28,29)21-10-11-22(23(15-21)30-4)26-24(32)25-19-13-16(2)12-17(3)14-19/h6-15,27H,5H2,1-4H3,(H2,25,26,32). The van der Waals surface area contributed by atoms with E-state index < -0.39 is 10.0 Å². The fourth-order valence-electron chi connectivity index (χ4n) is 3.27. The van der Waals surface area contributed by atoms with Gasteiger partial charge in [0.05, 0.1) is 24.3 Å². The fourth-order valence-corrected chi connectivity index (χ4v) is 4.57. The molecule has 3 rings (SSSR count). The molecule has 0 unspecified atom stereocenters. The molecule has 3 aromatic rings. The number of thiocarbonyl (C=S) groups is 1. The maximum absolute atomic E-state index is 12.9. The maximum Gasteiger partial charge on any atom is 0.262 e. The van der Waals surface area contributed by atoms with E-state index in [1.54, 1.807) is 30.3 Å². The van der Waals surface area contributed by atoms with E-state index in [0.29, 0.717) is 34.6 Å². The first-order chi connectivity index (χ1) is 15.7. The SMILES string of the molecule is CCOc1ccc(NS(=O)(=O)c2ccc(NC(=S)Nc3cc(C)cc(C)c3)c(OC)c2)cc1. The van der Waals surface area contributed by atoms with Crippen molar-refractivity contribution in [3.05, 3.63) is 71.8 Å². The molecule has 0 heterocycles. The summed E-state index contributed by atoms with van der Waals surface area (Å²) in [5, 5.41) is 6.56. The van der Waals surface area contributed by atoms with Crippen molar-refractivity contribution in [3.63, 3.8) is 0 Å². The van der Waals surface area contributed by atoms with E-state index in [-0.39, 0.29) is 4.90 Å². The number of hydrogen-bond donors (Lipinski definition) is 3. The summed E-state index contributed by atoms with van der Waals surface area (Å²) in [6.07, 6.45) is 0. The molecule has 0 saturated heterocycles. The molecule has 3 N–H and O–H groups in total. The van der Waals surface area contributed by atoms with E-state index in [1.165, 1.54) is 19.2 Å². The Morgan fingerprint density at radius 2 is 1.58 bits per heavy atom. The van der Waals surface area contributed by atoms with Crippen LogP contribution in [0.15, 0.2) is 65.6 Å². The normalized spacial score (nSPS) is 10.9. The molecule has 174 valence electrons. The van der Waals surface area contributed by atoms with Gasteiger partial charge in [-0.2, -0.15) is 0 Å². The molecule has 0 aromatic heterocycles. The minimum absolute atomic E-state index is 0.0620. The Kier molecular flexibility index (Phi) is 7.78. The predicted octanol–water partition coefficient (Wildman–Crippen LogP) is 5.32. The first-order valence-electron chi connectivity index (χ1n) is 10.3. The molecule has 0 atom stereocenters. The van der Waals surface area contributed by atoms with Crippen molar-refractivity contribution in [2.24, 2.45) is 0 Å². The molecular weight excluding hydrogens is 458 g/mol. The van der Waals surface area contributed by atoms with Crippen LogP contribution in [0, 0.1) is 13.8 Å². The highest BCUT2D eigenvalue weighted by molar-refractivity contribution is 7.92. The van der Waals surface area contributed by atoms with Crippen LogP contribution in [0.2, 0.25) is 0 Å². The highest BCUT2D eigenvalue weighted by atomic mass is 32.2. The number of benzene rings is 3. The number of nitrogens with one attached hydrogen (secondary N) is 3. The molecule has 7 nitrogen and oxygen atoms in total. The van der Waals surface area contributed by atoms with Gasteiger partial charge in [-0.1, -0.05) is 6.07 Å². The quantitative estimate of drug-likeness (QED) is 0.372. The number of hydrogen-bond acceptors (Lipinski definition) is 5. The highest BCUT2D eigenvalue weighted by Crippen LogP contribution is 2.29. The molecule has 0 aliphatic carbocycles. The Balaban J connectivity index is 1.74. The van der Waals surface area contributed by atoms with Crippen LogP contribution < -0.4 is 24.8 Å². The summed E-state index contributed by atoms with van der Waals surface area (Å²) >= 11 is 5.42. The number of ether oxygens (including phenoxy) is 2. The second kappa shape index (κ2) is 10.5. The summed E-state index contributed by atoms with van der Waals surface area (Å²) in [5.74, 6) is 1.01. The lowest BCUT2D eigenvalue weighted by molar-refractivity contribution is 0.340. The molecule has 9 heteroatoms. The maximum atomic E-state index is 12.9. The molecule has 0 bridgehead atoms. The van der Waals surface area contributed by atoms with Gasteiger partial charge in [0.25, 0.3) is 10.0 Å². The predicted molar refractivity (Wildman–Crippen MR) is 137 cm³/mol. The number of sulfonamides is 1. The number of aryl methyl sites for hydroxylation is 2. The molecule has 0 fully saturated rings. The van der Waals surface area contributed by atoms with E-state index in [9.17, 15) is 8.42 Å². The van der Waals surface area contributed by atoms with Gasteiger partial charge < -0.3 is 20.1 Å². The third-order valence-corrected chi connectivity index (χ3v) is 6.21. The number of methoxy groups -OCH3 is 1. The minimum atomic E-state index is -3.82. The lowest BCUT2D eigenvalue weighted by Crippen LogP contribution is -2.20. The van der Waals surface area contributed by atoms with Gasteiger partial charge >= 0.3 is 0 Å². The lowest BCUT2D eigenvalue weighted by atomic mass is 10.1. The topological polar surface area (TPSA) is 88.7 Å². The molecule has 33 heavy (non-hydrogen) atoms. The Hall–Kier alpha value is -3.30. The van der Waals surface area contributed by atoms with Crippen LogP contribution in [-0.2, 0) is 10.0 Å². The fraction of sp³-hybridized carbons (Fsp3) is 0.208. The van der Waals surface area contributed by atoms with Gasteiger partial charge in [-0.25, -0.2) is 8.42 Å². The molecule has 0 aliphatic heterocycles. The Bertz CT molecular complexity index is 1220. The van der Waals surface area contributed by atoms with Gasteiger partial charge in [0.15, 0.2) is 5.11 Å².